The number of ether oxygens (including phenoxy) is 1. The van der Waals surface area contributed by atoms with Crippen LogP contribution in [0.2, 0.25) is 0 Å². The van der Waals surface area contributed by atoms with Crippen molar-refractivity contribution in [2.45, 2.75) is 49.7 Å². The van der Waals surface area contributed by atoms with E-state index in [4.69, 9.17) is 14.7 Å². The molecule has 1 N–H and O–H groups in total. The van der Waals surface area contributed by atoms with Gasteiger partial charge in [-0.3, -0.25) is 0 Å². The monoisotopic (exact) mass is 822 g/mol. The highest BCUT2D eigenvalue weighted by atomic mass is 32.2. The molecule has 2 aromatic heterocycles. The third-order valence-corrected chi connectivity index (χ3v) is 14.1. The van der Waals surface area contributed by atoms with Crippen molar-refractivity contribution >= 4 is 53.5 Å². The van der Waals surface area contributed by atoms with Crippen molar-refractivity contribution in [2.75, 3.05) is 60.4 Å². The third kappa shape index (κ3) is 8.97. The number of nitrogens with one attached hydrogen (secondary N) is 1. The molecule has 5 aromatic rings. The predicted octanol–water partition coefficient (Wildman–Crippen LogP) is 7.83. The summed E-state index contributed by atoms with van der Waals surface area (Å²) in [6.07, 6.45) is 7.60. The molecule has 2 fully saturated rings. The molecule has 0 radical (unpaired) electrons. The zero-order valence-corrected chi connectivity index (χ0v) is 33.9. The number of nitrogens with zero attached hydrogens (tertiary/aromatic N) is 5. The van der Waals surface area contributed by atoms with Gasteiger partial charge in [0.15, 0.2) is 15.0 Å². The van der Waals surface area contributed by atoms with Crippen LogP contribution in [-0.4, -0.2) is 77.1 Å². The molecule has 11 nitrogen and oxygen atoms in total. The van der Waals surface area contributed by atoms with E-state index < -0.39 is 42.0 Å². The van der Waals surface area contributed by atoms with Crippen LogP contribution in [0.3, 0.4) is 0 Å². The highest BCUT2D eigenvalue weighted by Crippen LogP contribution is 2.42. The topological polar surface area (TPSA) is 135 Å². The van der Waals surface area contributed by atoms with Gasteiger partial charge >= 0.3 is 0 Å². The van der Waals surface area contributed by atoms with Gasteiger partial charge in [0.25, 0.3) is 0 Å². The molecule has 56 heavy (non-hydrogen) atoms. The third-order valence-electron chi connectivity index (χ3n) is 10.3. The second kappa shape index (κ2) is 16.4. The Kier molecular flexibility index (Phi) is 11.6. The molecule has 0 saturated carbocycles. The van der Waals surface area contributed by atoms with Crippen molar-refractivity contribution in [3.63, 3.8) is 0 Å². The van der Waals surface area contributed by atoms with E-state index in [9.17, 15) is 25.6 Å². The van der Waals surface area contributed by atoms with Crippen molar-refractivity contribution in [3.8, 4) is 27.6 Å². The molecule has 2 saturated heterocycles. The Hall–Kier alpha value is -4.67. The Labute approximate surface area is 330 Å². The van der Waals surface area contributed by atoms with Gasteiger partial charge < -0.3 is 19.9 Å². The molecule has 2 aliphatic rings. The molecule has 3 aromatic carbocycles. The van der Waals surface area contributed by atoms with Crippen LogP contribution in [0.25, 0.3) is 21.8 Å². The lowest BCUT2D eigenvalue weighted by atomic mass is 9.93. The highest BCUT2D eigenvalue weighted by molar-refractivity contribution is 7.91. The van der Waals surface area contributed by atoms with Crippen molar-refractivity contribution in [3.05, 3.63) is 89.6 Å². The molecule has 0 bridgehead atoms. The van der Waals surface area contributed by atoms with E-state index in [1.807, 2.05) is 25.1 Å². The molecule has 0 spiro atoms. The van der Waals surface area contributed by atoms with Crippen LogP contribution in [-0.2, 0) is 25.4 Å². The maximum Gasteiger partial charge on any atom is 0.227 e. The second-order valence-corrected chi connectivity index (χ2v) is 19.6. The Morgan fingerprint density at radius 1 is 0.911 bits per heavy atom. The lowest BCUT2D eigenvalue weighted by Crippen LogP contribution is -2.34. The number of hydrogen-bond acceptors (Lipinski definition) is 12. The molecule has 2 aliphatic heterocycles. The van der Waals surface area contributed by atoms with Gasteiger partial charge in [-0.05, 0) is 86.4 Å². The number of rotatable bonds is 13. The Morgan fingerprint density at radius 3 is 2.32 bits per heavy atom. The molecule has 16 heteroatoms. The predicted molar refractivity (Wildman–Crippen MR) is 218 cm³/mol. The molecular formula is C40H44F2N6O5S3. The van der Waals surface area contributed by atoms with Crippen LogP contribution in [0.5, 0.6) is 5.75 Å². The van der Waals surface area contributed by atoms with Gasteiger partial charge in [-0.25, -0.2) is 40.6 Å². The zero-order chi connectivity index (χ0) is 39.6. The number of methoxy groups -OCH3 is 1. The number of aromatic nitrogens is 3. The minimum atomic E-state index is -4.34. The largest absolute Gasteiger partial charge is 0.494 e. The summed E-state index contributed by atoms with van der Waals surface area (Å²) in [6.45, 7) is 5.44. The van der Waals surface area contributed by atoms with E-state index in [1.54, 1.807) is 37.6 Å². The second-order valence-electron chi connectivity index (χ2n) is 14.5. The zero-order valence-electron chi connectivity index (χ0n) is 31.5. The van der Waals surface area contributed by atoms with Crippen LogP contribution in [0.15, 0.2) is 71.8 Å². The molecule has 0 amide bonds. The first-order chi connectivity index (χ1) is 26.8. The molecule has 7 rings (SSSR count). The lowest BCUT2D eigenvalue weighted by molar-refractivity contribution is 0.393. The fourth-order valence-electron chi connectivity index (χ4n) is 7.40. The van der Waals surface area contributed by atoms with Gasteiger partial charge in [0, 0.05) is 55.9 Å². The van der Waals surface area contributed by atoms with Crippen LogP contribution < -0.4 is 19.9 Å². The van der Waals surface area contributed by atoms with Gasteiger partial charge in [-0.1, -0.05) is 35.6 Å². The fraction of sp³-hybridized carbons (Fsp3) is 0.375. The summed E-state index contributed by atoms with van der Waals surface area (Å²) in [5.74, 6) is -1.28. The van der Waals surface area contributed by atoms with E-state index in [-0.39, 0.29) is 5.75 Å². The minimum absolute atomic E-state index is 0.222. The van der Waals surface area contributed by atoms with E-state index in [1.165, 1.54) is 17.6 Å². The van der Waals surface area contributed by atoms with E-state index >= 15 is 0 Å². The smallest absolute Gasteiger partial charge is 0.227 e. The molecule has 296 valence electrons. The van der Waals surface area contributed by atoms with E-state index in [0.717, 1.165) is 91.3 Å². The van der Waals surface area contributed by atoms with Crippen LogP contribution in [0, 0.1) is 24.5 Å². The summed E-state index contributed by atoms with van der Waals surface area (Å²) in [5.41, 5.74) is 5.01. The quantitative estimate of drug-likeness (QED) is 0.125. The van der Waals surface area contributed by atoms with E-state index in [0.29, 0.717) is 52.2 Å². The van der Waals surface area contributed by atoms with Crippen LogP contribution >= 0.6 is 11.3 Å². The number of benzene rings is 3. The average molecular weight is 823 g/mol. The minimum Gasteiger partial charge on any atom is -0.494 e. The molecule has 0 unspecified atom stereocenters. The summed E-state index contributed by atoms with van der Waals surface area (Å²) in [4.78, 5) is 18.8. The first-order valence-electron chi connectivity index (χ1n) is 18.5. The Morgan fingerprint density at radius 2 is 1.62 bits per heavy atom. The Bertz CT molecular complexity index is 2430. The van der Waals surface area contributed by atoms with Gasteiger partial charge in [0.2, 0.25) is 5.95 Å². The first-order valence-corrected chi connectivity index (χ1v) is 23.0. The molecule has 0 atom stereocenters. The molecule has 4 heterocycles. The van der Waals surface area contributed by atoms with Crippen molar-refractivity contribution in [1.29, 1.82) is 0 Å². The van der Waals surface area contributed by atoms with Crippen LogP contribution in [0.4, 0.5) is 31.2 Å². The maximum atomic E-state index is 14.5. The maximum absolute atomic E-state index is 14.5. The number of thiazole rings is 1. The summed E-state index contributed by atoms with van der Waals surface area (Å²) in [5, 5.41) is 4.17. The number of piperidine rings is 1. The normalized spacial score (nSPS) is 15.4. The van der Waals surface area contributed by atoms with Gasteiger partial charge in [0.1, 0.15) is 32.1 Å². The van der Waals surface area contributed by atoms with E-state index in [2.05, 4.69) is 20.1 Å². The highest BCUT2D eigenvalue weighted by Gasteiger charge is 2.27. The number of anilines is 4. The van der Waals surface area contributed by atoms with Crippen LogP contribution in [0.1, 0.15) is 43.2 Å². The van der Waals surface area contributed by atoms with Gasteiger partial charge in [-0.2, -0.15) is 0 Å². The summed E-state index contributed by atoms with van der Waals surface area (Å²) < 4.78 is 84.6. The number of halogens is 2. The van der Waals surface area contributed by atoms with Gasteiger partial charge in [0.05, 0.1) is 40.6 Å². The SMILES string of the molecule is COc1cc(N2CCC(CCS(C)(=O)=O)CC2)c(C)cc1Nc1nccc(-c2sc(N3CCCC3)nc2-c2cccc(CS(=O)(=O)c3c(F)cccc3F)c2)n1. The lowest BCUT2D eigenvalue weighted by Gasteiger charge is -2.35. The summed E-state index contributed by atoms with van der Waals surface area (Å²) in [7, 11) is -5.71. The average Bonchev–Trinajstić information content (AvgIpc) is 3.86. The summed E-state index contributed by atoms with van der Waals surface area (Å²) >= 11 is 1.49. The van der Waals surface area contributed by atoms with Crippen molar-refractivity contribution in [2.24, 2.45) is 5.92 Å². The van der Waals surface area contributed by atoms with Crippen molar-refractivity contribution in [1.82, 2.24) is 15.0 Å². The first kappa shape index (κ1) is 39.6. The van der Waals surface area contributed by atoms with Gasteiger partial charge in [-0.15, -0.1) is 0 Å². The number of hydrogen-bond donors (Lipinski definition) is 1. The molecular weight excluding hydrogens is 779 g/mol. The molecule has 0 aliphatic carbocycles. The Balaban J connectivity index is 1.15. The standard InChI is InChI=1S/C40H44F2N6O5S3/c1-26-22-33(35(53-2)24-34(26)47-19-13-27(14-20-47)15-21-55(3,49)50)45-39-43-16-12-32(44-39)37-36(46-40(54-37)48-17-4-5-18-48)29-9-6-8-28(23-29)25-56(51,52)38-30(41)10-7-11-31(38)42/h6-12,16,22-24,27H,4-5,13-15,17-21,25H2,1-3H3,(H,43,44,45). The fourth-order valence-corrected chi connectivity index (χ4v) is 10.8. The van der Waals surface area contributed by atoms with Crippen molar-refractivity contribution < 1.29 is 30.4 Å². The number of aryl methyl sites for hydroxylation is 1. The number of sulfone groups is 2. The summed E-state index contributed by atoms with van der Waals surface area (Å²) in [6, 6.07) is 15.7.